The molecule has 2 aromatic rings. The van der Waals surface area contributed by atoms with E-state index in [0.717, 1.165) is 23.9 Å². The van der Waals surface area contributed by atoms with Crippen molar-refractivity contribution >= 4 is 46.0 Å². The van der Waals surface area contributed by atoms with Gasteiger partial charge in [0.1, 0.15) is 11.5 Å². The zero-order chi connectivity index (χ0) is 19.9. The van der Waals surface area contributed by atoms with E-state index in [1.54, 1.807) is 18.2 Å². The van der Waals surface area contributed by atoms with Gasteiger partial charge in [-0.15, -0.1) is 11.6 Å². The molecule has 3 rings (SSSR count). The second-order valence-corrected chi connectivity index (χ2v) is 8.08. The summed E-state index contributed by atoms with van der Waals surface area (Å²) in [5.74, 6) is -1.52. The van der Waals surface area contributed by atoms with Gasteiger partial charge < -0.3 is 16.4 Å². The van der Waals surface area contributed by atoms with Crippen LogP contribution < -0.4 is 16.4 Å². The lowest BCUT2D eigenvalue weighted by atomic mass is 10.1. The van der Waals surface area contributed by atoms with Crippen LogP contribution in [-0.2, 0) is 0 Å². The van der Waals surface area contributed by atoms with Crippen LogP contribution in [0.5, 0.6) is 0 Å². The first-order valence-corrected chi connectivity index (χ1v) is 9.00. The Morgan fingerprint density at radius 2 is 1.89 bits per heavy atom. The highest BCUT2D eigenvalue weighted by Gasteiger charge is 2.50. The van der Waals surface area contributed by atoms with Crippen molar-refractivity contribution in [1.29, 1.82) is 0 Å². The Morgan fingerprint density at radius 1 is 1.22 bits per heavy atom. The summed E-state index contributed by atoms with van der Waals surface area (Å²) in [5.41, 5.74) is 7.30. The van der Waals surface area contributed by atoms with Crippen LogP contribution in [0.25, 0.3) is 5.70 Å². The normalized spacial score (nSPS) is 20.9. The summed E-state index contributed by atoms with van der Waals surface area (Å²) in [4.78, 5) is -0.259. The first-order valence-electron chi connectivity index (χ1n) is 8.24. The van der Waals surface area contributed by atoms with E-state index in [9.17, 15) is 8.78 Å². The third-order valence-corrected chi connectivity index (χ3v) is 5.35. The molecule has 7 heteroatoms. The van der Waals surface area contributed by atoms with E-state index in [4.69, 9.17) is 28.9 Å². The molecule has 3 nitrogen and oxygen atoms in total. The molecule has 0 saturated heterocycles. The van der Waals surface area contributed by atoms with E-state index >= 15 is 0 Å². The van der Waals surface area contributed by atoms with Crippen molar-refractivity contribution in [3.8, 4) is 0 Å². The molecule has 2 unspecified atom stereocenters. The third kappa shape index (κ3) is 4.04. The maximum absolute atomic E-state index is 14.1. The highest BCUT2D eigenvalue weighted by atomic mass is 35.5. The van der Waals surface area contributed by atoms with Gasteiger partial charge in [0.05, 0.1) is 15.6 Å². The molecule has 1 saturated carbocycles. The Balaban J connectivity index is 1.79. The molecule has 1 aliphatic carbocycles. The van der Waals surface area contributed by atoms with Crippen molar-refractivity contribution in [3.05, 3.63) is 71.4 Å². The van der Waals surface area contributed by atoms with Gasteiger partial charge in [0, 0.05) is 28.6 Å². The summed E-state index contributed by atoms with van der Waals surface area (Å²) in [7, 11) is 0. The van der Waals surface area contributed by atoms with Crippen LogP contribution in [0, 0.1) is 17.6 Å². The number of allylic oxidation sites excluding steroid dienone is 1. The summed E-state index contributed by atoms with van der Waals surface area (Å²) in [5, 5.41) is 6.44. The first kappa shape index (κ1) is 19.5. The molecule has 1 fully saturated rings. The lowest BCUT2D eigenvalue weighted by molar-refractivity contribution is 0.594. The smallest absolute Gasteiger partial charge is 0.172 e. The number of hydrogen-bond donors (Lipinski definition) is 3. The van der Waals surface area contributed by atoms with Crippen molar-refractivity contribution in [3.63, 3.8) is 0 Å². The predicted molar refractivity (Wildman–Crippen MR) is 110 cm³/mol. The average Bonchev–Trinajstić information content (AvgIpc) is 3.25. The number of hydrogen-bond acceptors (Lipinski definition) is 3. The van der Waals surface area contributed by atoms with Gasteiger partial charge in [-0.2, -0.15) is 0 Å². The van der Waals surface area contributed by atoms with E-state index in [1.165, 1.54) is 6.07 Å². The molecule has 27 heavy (non-hydrogen) atoms. The average molecular weight is 410 g/mol. The van der Waals surface area contributed by atoms with E-state index < -0.39 is 17.3 Å². The Labute approximate surface area is 166 Å². The highest BCUT2D eigenvalue weighted by molar-refractivity contribution is 6.32. The molecule has 0 aliphatic heterocycles. The van der Waals surface area contributed by atoms with Crippen LogP contribution in [-0.4, -0.2) is 4.87 Å². The van der Waals surface area contributed by atoms with Crippen molar-refractivity contribution < 1.29 is 8.78 Å². The number of anilines is 3. The number of nitrogen functional groups attached to an aromatic ring is 1. The van der Waals surface area contributed by atoms with Crippen LogP contribution in [0.15, 0.2) is 49.2 Å². The van der Waals surface area contributed by atoms with Gasteiger partial charge in [-0.3, -0.25) is 0 Å². The van der Waals surface area contributed by atoms with Crippen molar-refractivity contribution in [2.24, 2.45) is 5.92 Å². The quantitative estimate of drug-likeness (QED) is 0.391. The summed E-state index contributed by atoms with van der Waals surface area (Å²) in [6.45, 7) is 9.90. The van der Waals surface area contributed by atoms with Gasteiger partial charge >= 0.3 is 0 Å². The number of halogens is 4. The van der Waals surface area contributed by atoms with Crippen molar-refractivity contribution in [2.45, 2.75) is 18.2 Å². The molecule has 0 radical (unpaired) electrons. The monoisotopic (exact) mass is 409 g/mol. The zero-order valence-corrected chi connectivity index (χ0v) is 16.2. The molecule has 1 aliphatic rings. The number of nitrogens with one attached hydrogen (secondary N) is 2. The SMILES string of the molecule is C=C(Nc1ccc(F)c(N)c1F)c1cc(NC(=C)C2CC2(C)Cl)ccc1Cl. The molecule has 2 aromatic carbocycles. The molecule has 0 aromatic heterocycles. The molecular weight excluding hydrogens is 391 g/mol. The Bertz CT molecular complexity index is 941. The highest BCUT2D eigenvalue weighted by Crippen LogP contribution is 2.52. The van der Waals surface area contributed by atoms with Gasteiger partial charge in [0.25, 0.3) is 0 Å². The maximum atomic E-state index is 14.1. The molecule has 142 valence electrons. The standard InChI is InChI=1S/C20H19Cl2F2N3/c1-10(27-17-7-6-16(23)19(25)18(17)24)13-8-12(4-5-15(13)21)26-11(2)14-9-20(14,3)22/h4-8,14,26-27H,1-2,9,25H2,3H3. The summed E-state index contributed by atoms with van der Waals surface area (Å²) in [6.07, 6.45) is 0.861. The zero-order valence-electron chi connectivity index (χ0n) is 14.7. The molecule has 0 heterocycles. The first-order chi connectivity index (χ1) is 12.6. The van der Waals surface area contributed by atoms with Gasteiger partial charge in [0.15, 0.2) is 5.82 Å². The lowest BCUT2D eigenvalue weighted by Gasteiger charge is -2.16. The minimum Gasteiger partial charge on any atom is -0.394 e. The van der Waals surface area contributed by atoms with E-state index in [-0.39, 0.29) is 16.5 Å². The number of nitrogens with two attached hydrogens (primary N) is 1. The third-order valence-electron chi connectivity index (χ3n) is 4.60. The number of alkyl halides is 1. The second kappa shape index (κ2) is 7.06. The largest absolute Gasteiger partial charge is 0.394 e. The van der Waals surface area contributed by atoms with Gasteiger partial charge in [-0.1, -0.05) is 24.8 Å². The second-order valence-electron chi connectivity index (χ2n) is 6.81. The van der Waals surface area contributed by atoms with E-state index in [0.29, 0.717) is 16.3 Å². The Kier molecular flexibility index (Phi) is 5.10. The van der Waals surface area contributed by atoms with Crippen molar-refractivity contribution in [1.82, 2.24) is 0 Å². The molecule has 0 spiro atoms. The van der Waals surface area contributed by atoms with Gasteiger partial charge in [-0.05, 0) is 43.7 Å². The minimum atomic E-state index is -0.884. The maximum Gasteiger partial charge on any atom is 0.172 e. The van der Waals surface area contributed by atoms with Crippen molar-refractivity contribution in [2.75, 3.05) is 16.4 Å². The number of benzene rings is 2. The molecule has 4 N–H and O–H groups in total. The topological polar surface area (TPSA) is 50.1 Å². The predicted octanol–water partition coefficient (Wildman–Crippen LogP) is 6.23. The van der Waals surface area contributed by atoms with Gasteiger partial charge in [0.2, 0.25) is 0 Å². The molecular formula is C20H19Cl2F2N3. The Hall–Kier alpha value is -2.24. The molecule has 0 amide bonds. The van der Waals surface area contributed by atoms with Crippen LogP contribution in [0.2, 0.25) is 5.02 Å². The van der Waals surface area contributed by atoms with E-state index in [1.807, 2.05) is 6.92 Å². The fraction of sp³-hybridized carbons (Fsp3) is 0.200. The van der Waals surface area contributed by atoms with Gasteiger partial charge in [-0.25, -0.2) is 8.78 Å². The summed E-state index contributed by atoms with van der Waals surface area (Å²) >= 11 is 12.5. The van der Waals surface area contributed by atoms with Crippen LogP contribution in [0.3, 0.4) is 0 Å². The summed E-state index contributed by atoms with van der Waals surface area (Å²) in [6, 6.07) is 7.59. The Morgan fingerprint density at radius 3 is 2.52 bits per heavy atom. The van der Waals surface area contributed by atoms with Crippen LogP contribution in [0.4, 0.5) is 25.8 Å². The molecule has 2 atom stereocenters. The molecule has 0 bridgehead atoms. The fourth-order valence-electron chi connectivity index (χ4n) is 2.83. The number of rotatable bonds is 6. The summed E-state index contributed by atoms with van der Waals surface area (Å²) < 4.78 is 27.4. The fourth-order valence-corrected chi connectivity index (χ4v) is 3.35. The van der Waals surface area contributed by atoms with E-state index in [2.05, 4.69) is 23.8 Å². The lowest BCUT2D eigenvalue weighted by Crippen LogP contribution is -2.07. The van der Waals surface area contributed by atoms with Crippen LogP contribution >= 0.6 is 23.2 Å². The van der Waals surface area contributed by atoms with Crippen LogP contribution in [0.1, 0.15) is 18.9 Å². The minimum absolute atomic E-state index is 0.00799.